The van der Waals surface area contributed by atoms with Gasteiger partial charge in [-0.05, 0) is 30.4 Å². The molecule has 1 aromatic heterocycles. The van der Waals surface area contributed by atoms with Crippen molar-refractivity contribution in [3.05, 3.63) is 24.0 Å². The van der Waals surface area contributed by atoms with Crippen LogP contribution in [0.4, 0.5) is 5.69 Å². The Balaban J connectivity index is 1.59. The second-order valence-corrected chi connectivity index (χ2v) is 6.83. The number of aromatic nitrogens is 1. The normalized spacial score (nSPS) is 26.0. The molecule has 2 atom stereocenters. The summed E-state index contributed by atoms with van der Waals surface area (Å²) in [5.74, 6) is 0.780. The number of hydrogen-bond donors (Lipinski definition) is 1. The molecule has 0 radical (unpaired) electrons. The smallest absolute Gasteiger partial charge is 0.227 e. The average Bonchev–Trinajstić information content (AvgIpc) is 2.56. The van der Waals surface area contributed by atoms with Gasteiger partial charge >= 0.3 is 0 Å². The van der Waals surface area contributed by atoms with E-state index in [1.807, 2.05) is 12.3 Å². The molecule has 1 saturated heterocycles. The van der Waals surface area contributed by atoms with Crippen molar-refractivity contribution >= 4 is 11.6 Å². The van der Waals surface area contributed by atoms with Gasteiger partial charge in [-0.2, -0.15) is 0 Å². The van der Waals surface area contributed by atoms with E-state index in [1.54, 1.807) is 6.20 Å². The minimum absolute atomic E-state index is 0.145. The van der Waals surface area contributed by atoms with Crippen LogP contribution in [0.25, 0.3) is 0 Å². The number of amides is 1. The van der Waals surface area contributed by atoms with E-state index >= 15 is 0 Å². The van der Waals surface area contributed by atoms with Crippen molar-refractivity contribution in [2.24, 2.45) is 11.8 Å². The van der Waals surface area contributed by atoms with Crippen LogP contribution in [0.1, 0.15) is 38.2 Å². The molecule has 2 heterocycles. The highest BCUT2D eigenvalue weighted by atomic mass is 16.5. The number of carbonyl (C=O) groups is 1. The van der Waals surface area contributed by atoms with E-state index in [-0.39, 0.29) is 11.8 Å². The Labute approximate surface area is 138 Å². The van der Waals surface area contributed by atoms with Crippen LogP contribution in [0.3, 0.4) is 0 Å². The number of pyridine rings is 1. The van der Waals surface area contributed by atoms with Gasteiger partial charge in [0.1, 0.15) is 0 Å². The molecule has 0 spiro atoms. The summed E-state index contributed by atoms with van der Waals surface area (Å²) < 4.78 is 5.38. The molecule has 1 aromatic rings. The molecule has 0 bridgehead atoms. The van der Waals surface area contributed by atoms with Gasteiger partial charge in [-0.3, -0.25) is 14.7 Å². The van der Waals surface area contributed by atoms with Crippen molar-refractivity contribution < 1.29 is 9.53 Å². The molecule has 1 amide bonds. The molecule has 126 valence electrons. The molecule has 5 nitrogen and oxygen atoms in total. The summed E-state index contributed by atoms with van der Waals surface area (Å²) in [4.78, 5) is 19.2. The number of morpholine rings is 1. The molecule has 5 heteroatoms. The molecule has 2 fully saturated rings. The summed E-state index contributed by atoms with van der Waals surface area (Å²) in [5, 5.41) is 3.08. The van der Waals surface area contributed by atoms with Gasteiger partial charge in [0.2, 0.25) is 5.91 Å². The third kappa shape index (κ3) is 4.52. The van der Waals surface area contributed by atoms with Crippen LogP contribution in [-0.2, 0) is 16.1 Å². The molecule has 2 aliphatic rings. The van der Waals surface area contributed by atoms with Crippen molar-refractivity contribution in [3.63, 3.8) is 0 Å². The number of hydrogen-bond acceptors (Lipinski definition) is 4. The lowest BCUT2D eigenvalue weighted by Gasteiger charge is -2.28. The quantitative estimate of drug-likeness (QED) is 0.927. The highest BCUT2D eigenvalue weighted by Gasteiger charge is 2.27. The van der Waals surface area contributed by atoms with Crippen molar-refractivity contribution in [2.75, 3.05) is 31.6 Å². The van der Waals surface area contributed by atoms with Gasteiger partial charge in [0, 0.05) is 31.7 Å². The highest BCUT2D eigenvalue weighted by molar-refractivity contribution is 5.92. The maximum atomic E-state index is 12.5. The number of nitrogens with zero attached hydrogens (tertiary/aromatic N) is 2. The van der Waals surface area contributed by atoms with E-state index < -0.39 is 0 Å². The number of carbonyl (C=O) groups excluding carboxylic acids is 1. The zero-order valence-electron chi connectivity index (χ0n) is 14.0. The molecule has 1 saturated carbocycles. The van der Waals surface area contributed by atoms with Gasteiger partial charge in [-0.15, -0.1) is 0 Å². The van der Waals surface area contributed by atoms with Crippen LogP contribution in [0.5, 0.6) is 0 Å². The predicted molar refractivity (Wildman–Crippen MR) is 90.1 cm³/mol. The minimum atomic E-state index is 0.145. The Morgan fingerprint density at radius 1 is 1.30 bits per heavy atom. The maximum Gasteiger partial charge on any atom is 0.227 e. The highest BCUT2D eigenvalue weighted by Crippen LogP contribution is 2.30. The molecule has 0 aromatic carbocycles. The fourth-order valence-electron chi connectivity index (χ4n) is 3.60. The first-order chi connectivity index (χ1) is 11.2. The van der Waals surface area contributed by atoms with Crippen molar-refractivity contribution in [3.8, 4) is 0 Å². The maximum absolute atomic E-state index is 12.5. The lowest BCUT2D eigenvalue weighted by Crippen LogP contribution is -2.35. The minimum Gasteiger partial charge on any atom is -0.379 e. The van der Waals surface area contributed by atoms with Gasteiger partial charge in [0.05, 0.1) is 25.1 Å². The fraction of sp³-hybridized carbons (Fsp3) is 0.667. The van der Waals surface area contributed by atoms with Crippen molar-refractivity contribution in [2.45, 2.75) is 39.2 Å². The van der Waals surface area contributed by atoms with E-state index in [0.29, 0.717) is 5.92 Å². The van der Waals surface area contributed by atoms with Crippen molar-refractivity contribution in [1.29, 1.82) is 0 Å². The van der Waals surface area contributed by atoms with Gasteiger partial charge in [-0.25, -0.2) is 0 Å². The second kappa shape index (κ2) is 7.88. The number of nitrogens with one attached hydrogen (secondary N) is 1. The van der Waals surface area contributed by atoms with Crippen LogP contribution in [-0.4, -0.2) is 42.1 Å². The largest absolute Gasteiger partial charge is 0.379 e. The molecular weight excluding hydrogens is 290 g/mol. The Morgan fingerprint density at radius 2 is 2.09 bits per heavy atom. The van der Waals surface area contributed by atoms with E-state index in [2.05, 4.69) is 22.1 Å². The molecule has 1 aliphatic heterocycles. The molecule has 3 rings (SSSR count). The van der Waals surface area contributed by atoms with Crippen LogP contribution < -0.4 is 5.32 Å². The van der Waals surface area contributed by atoms with Gasteiger partial charge in [0.25, 0.3) is 0 Å². The Bertz CT molecular complexity index is 529. The summed E-state index contributed by atoms with van der Waals surface area (Å²) in [6, 6.07) is 2.05. The Morgan fingerprint density at radius 3 is 2.87 bits per heavy atom. The molecule has 2 unspecified atom stereocenters. The van der Waals surface area contributed by atoms with E-state index in [9.17, 15) is 4.79 Å². The molecule has 1 aliphatic carbocycles. The molecule has 1 N–H and O–H groups in total. The average molecular weight is 317 g/mol. The van der Waals surface area contributed by atoms with Crippen LogP contribution in [0.2, 0.25) is 0 Å². The van der Waals surface area contributed by atoms with Crippen molar-refractivity contribution in [1.82, 2.24) is 9.88 Å². The van der Waals surface area contributed by atoms with E-state index in [0.717, 1.165) is 63.4 Å². The topological polar surface area (TPSA) is 54.5 Å². The van der Waals surface area contributed by atoms with Gasteiger partial charge in [0.15, 0.2) is 0 Å². The zero-order valence-corrected chi connectivity index (χ0v) is 14.0. The first-order valence-electron chi connectivity index (χ1n) is 8.77. The third-order valence-corrected chi connectivity index (χ3v) is 5.02. The first-order valence-corrected chi connectivity index (χ1v) is 8.77. The van der Waals surface area contributed by atoms with Gasteiger partial charge in [-0.1, -0.05) is 19.8 Å². The van der Waals surface area contributed by atoms with Crippen LogP contribution >= 0.6 is 0 Å². The lowest BCUT2D eigenvalue weighted by atomic mass is 9.80. The zero-order chi connectivity index (χ0) is 16.1. The summed E-state index contributed by atoms with van der Waals surface area (Å²) in [5.41, 5.74) is 1.96. The predicted octanol–water partition coefficient (Wildman–Crippen LogP) is 2.68. The first kappa shape index (κ1) is 16.4. The molecule has 23 heavy (non-hydrogen) atoms. The Kier molecular flexibility index (Phi) is 5.62. The summed E-state index contributed by atoms with van der Waals surface area (Å²) in [7, 11) is 0. The van der Waals surface area contributed by atoms with Crippen LogP contribution in [0, 0.1) is 11.8 Å². The standard InChI is InChI=1S/C18H27N3O2/c1-14-4-2-3-5-17(14)18(22)20-16-10-15(11-19-12-16)13-21-6-8-23-9-7-21/h10-12,14,17H,2-9,13H2,1H3,(H,20,22). The Hall–Kier alpha value is -1.46. The molecular formula is C18H27N3O2. The SMILES string of the molecule is CC1CCCCC1C(=O)Nc1cncc(CN2CCOCC2)c1. The summed E-state index contributed by atoms with van der Waals surface area (Å²) >= 11 is 0. The summed E-state index contributed by atoms with van der Waals surface area (Å²) in [6.07, 6.45) is 8.21. The third-order valence-electron chi connectivity index (χ3n) is 5.02. The van der Waals surface area contributed by atoms with Gasteiger partial charge < -0.3 is 10.1 Å². The second-order valence-electron chi connectivity index (χ2n) is 6.83. The monoisotopic (exact) mass is 317 g/mol. The van der Waals surface area contributed by atoms with E-state index in [1.165, 1.54) is 6.42 Å². The van der Waals surface area contributed by atoms with E-state index in [4.69, 9.17) is 4.74 Å². The number of rotatable bonds is 4. The summed E-state index contributed by atoms with van der Waals surface area (Å²) in [6.45, 7) is 6.55. The van der Waals surface area contributed by atoms with Crippen LogP contribution in [0.15, 0.2) is 18.5 Å². The number of anilines is 1. The lowest BCUT2D eigenvalue weighted by molar-refractivity contribution is -0.122. The fourth-order valence-corrected chi connectivity index (χ4v) is 3.60. The number of ether oxygens (including phenoxy) is 1.